The molecule has 5 heteroatoms. The standard InChI is InChI=1S/C15H19ClFN3/c1-3-11-9-15(20(4-2)19-11)14(18)8-10-5-6-12(16)13(17)7-10/h5-7,9,14H,3-4,8,18H2,1-2H3. The summed E-state index contributed by atoms with van der Waals surface area (Å²) >= 11 is 5.68. The Balaban J connectivity index is 2.20. The Hall–Kier alpha value is -1.39. The molecule has 0 fully saturated rings. The number of benzene rings is 1. The van der Waals surface area contributed by atoms with Crippen molar-refractivity contribution in [1.82, 2.24) is 9.78 Å². The van der Waals surface area contributed by atoms with Gasteiger partial charge in [-0.05, 0) is 43.5 Å². The van der Waals surface area contributed by atoms with Crippen LogP contribution in [0.1, 0.15) is 36.8 Å². The van der Waals surface area contributed by atoms with E-state index in [-0.39, 0.29) is 11.1 Å². The summed E-state index contributed by atoms with van der Waals surface area (Å²) in [5.41, 5.74) is 9.09. The van der Waals surface area contributed by atoms with Gasteiger partial charge in [-0.1, -0.05) is 24.6 Å². The molecule has 3 nitrogen and oxygen atoms in total. The fraction of sp³-hybridized carbons (Fsp3) is 0.400. The van der Waals surface area contributed by atoms with Crippen LogP contribution in [0.15, 0.2) is 24.3 Å². The van der Waals surface area contributed by atoms with Gasteiger partial charge in [0, 0.05) is 6.54 Å². The second-order valence-electron chi connectivity index (χ2n) is 4.79. The van der Waals surface area contributed by atoms with Crippen molar-refractivity contribution in [2.24, 2.45) is 5.73 Å². The van der Waals surface area contributed by atoms with Crippen molar-refractivity contribution in [3.05, 3.63) is 52.1 Å². The molecule has 2 N–H and O–H groups in total. The number of rotatable bonds is 5. The third kappa shape index (κ3) is 3.19. The lowest BCUT2D eigenvalue weighted by Crippen LogP contribution is -2.18. The molecule has 0 spiro atoms. The predicted octanol–water partition coefficient (Wildman–Crippen LogP) is 3.50. The summed E-state index contributed by atoms with van der Waals surface area (Å²) in [5, 5.41) is 4.62. The third-order valence-electron chi connectivity index (χ3n) is 3.34. The lowest BCUT2D eigenvalue weighted by atomic mass is 10.0. The minimum absolute atomic E-state index is 0.134. The zero-order valence-electron chi connectivity index (χ0n) is 11.7. The van der Waals surface area contributed by atoms with Gasteiger partial charge in [0.2, 0.25) is 0 Å². The number of hydrogen-bond donors (Lipinski definition) is 1. The maximum absolute atomic E-state index is 13.4. The summed E-state index contributed by atoms with van der Waals surface area (Å²) in [6.07, 6.45) is 1.44. The second-order valence-corrected chi connectivity index (χ2v) is 5.20. The van der Waals surface area contributed by atoms with Crippen LogP contribution in [0.5, 0.6) is 0 Å². The molecule has 1 aromatic carbocycles. The minimum Gasteiger partial charge on any atom is -0.322 e. The first-order valence-corrected chi connectivity index (χ1v) is 7.19. The van der Waals surface area contributed by atoms with Gasteiger partial charge in [0.05, 0.1) is 22.5 Å². The molecule has 1 aromatic heterocycles. The normalized spacial score (nSPS) is 12.7. The third-order valence-corrected chi connectivity index (χ3v) is 3.65. The van der Waals surface area contributed by atoms with Gasteiger partial charge in [-0.15, -0.1) is 0 Å². The molecule has 0 amide bonds. The van der Waals surface area contributed by atoms with Crippen LogP contribution >= 0.6 is 11.6 Å². The van der Waals surface area contributed by atoms with Gasteiger partial charge in [0.1, 0.15) is 5.82 Å². The van der Waals surface area contributed by atoms with Crippen molar-refractivity contribution in [3.8, 4) is 0 Å². The summed E-state index contributed by atoms with van der Waals surface area (Å²) < 4.78 is 15.4. The number of aryl methyl sites for hydroxylation is 2. The lowest BCUT2D eigenvalue weighted by Gasteiger charge is -2.13. The average molecular weight is 296 g/mol. The fourth-order valence-electron chi connectivity index (χ4n) is 2.24. The number of hydrogen-bond acceptors (Lipinski definition) is 2. The zero-order valence-corrected chi connectivity index (χ0v) is 12.5. The first-order chi connectivity index (χ1) is 9.55. The van der Waals surface area contributed by atoms with Gasteiger partial charge in [-0.2, -0.15) is 5.10 Å². The van der Waals surface area contributed by atoms with E-state index in [1.165, 1.54) is 6.07 Å². The van der Waals surface area contributed by atoms with Crippen LogP contribution in [0, 0.1) is 5.82 Å². The largest absolute Gasteiger partial charge is 0.322 e. The summed E-state index contributed by atoms with van der Waals surface area (Å²) in [4.78, 5) is 0. The summed E-state index contributed by atoms with van der Waals surface area (Å²) in [6, 6.07) is 6.63. The van der Waals surface area contributed by atoms with Crippen molar-refractivity contribution in [1.29, 1.82) is 0 Å². The van der Waals surface area contributed by atoms with Crippen molar-refractivity contribution in [2.75, 3.05) is 0 Å². The predicted molar refractivity (Wildman–Crippen MR) is 79.3 cm³/mol. The monoisotopic (exact) mass is 295 g/mol. The highest BCUT2D eigenvalue weighted by Crippen LogP contribution is 2.21. The van der Waals surface area contributed by atoms with Crippen LogP contribution in [0.2, 0.25) is 5.02 Å². The Labute approximate surface area is 123 Å². The van der Waals surface area contributed by atoms with E-state index in [0.29, 0.717) is 6.42 Å². The van der Waals surface area contributed by atoms with Crippen LogP contribution in [0.3, 0.4) is 0 Å². The van der Waals surface area contributed by atoms with Gasteiger partial charge in [0.25, 0.3) is 0 Å². The highest BCUT2D eigenvalue weighted by molar-refractivity contribution is 6.30. The molecule has 0 aliphatic heterocycles. The summed E-state index contributed by atoms with van der Waals surface area (Å²) in [6.45, 7) is 4.87. The van der Waals surface area contributed by atoms with Crippen LogP contribution < -0.4 is 5.73 Å². The zero-order chi connectivity index (χ0) is 14.7. The number of aromatic nitrogens is 2. The second kappa shape index (κ2) is 6.37. The molecular weight excluding hydrogens is 277 g/mol. The Bertz CT molecular complexity index is 595. The van der Waals surface area contributed by atoms with E-state index in [4.69, 9.17) is 17.3 Å². The molecular formula is C15H19ClFN3. The van der Waals surface area contributed by atoms with E-state index in [1.54, 1.807) is 12.1 Å². The molecule has 0 saturated heterocycles. The Morgan fingerprint density at radius 3 is 2.70 bits per heavy atom. The van der Waals surface area contributed by atoms with E-state index in [1.807, 2.05) is 17.7 Å². The molecule has 0 radical (unpaired) electrons. The first-order valence-electron chi connectivity index (χ1n) is 6.81. The van der Waals surface area contributed by atoms with Crippen LogP contribution in [-0.2, 0) is 19.4 Å². The van der Waals surface area contributed by atoms with Gasteiger partial charge < -0.3 is 5.73 Å². The lowest BCUT2D eigenvalue weighted by molar-refractivity contribution is 0.563. The topological polar surface area (TPSA) is 43.8 Å². The molecule has 0 bridgehead atoms. The Morgan fingerprint density at radius 1 is 1.35 bits per heavy atom. The highest BCUT2D eigenvalue weighted by atomic mass is 35.5. The fourth-order valence-corrected chi connectivity index (χ4v) is 2.35. The minimum atomic E-state index is -0.408. The van der Waals surface area contributed by atoms with Crippen molar-refractivity contribution in [3.63, 3.8) is 0 Å². The first kappa shape index (κ1) is 15.0. The summed E-state index contributed by atoms with van der Waals surface area (Å²) in [5.74, 6) is -0.408. The Kier molecular flexibility index (Phi) is 4.78. The quantitative estimate of drug-likeness (QED) is 0.917. The molecule has 2 rings (SSSR count). The SMILES string of the molecule is CCc1cc(C(N)Cc2ccc(Cl)c(F)c2)n(CC)n1. The molecule has 108 valence electrons. The molecule has 1 atom stereocenters. The van der Waals surface area contributed by atoms with Gasteiger partial charge in [0.15, 0.2) is 0 Å². The van der Waals surface area contributed by atoms with Crippen LogP contribution in [-0.4, -0.2) is 9.78 Å². The van der Waals surface area contributed by atoms with E-state index in [9.17, 15) is 4.39 Å². The van der Waals surface area contributed by atoms with Crippen molar-refractivity contribution < 1.29 is 4.39 Å². The molecule has 0 saturated carbocycles. The number of nitrogens with two attached hydrogens (primary N) is 1. The average Bonchev–Trinajstić information content (AvgIpc) is 2.86. The van der Waals surface area contributed by atoms with Crippen molar-refractivity contribution in [2.45, 2.75) is 39.3 Å². The number of halogens is 2. The van der Waals surface area contributed by atoms with Crippen LogP contribution in [0.4, 0.5) is 4.39 Å². The maximum atomic E-state index is 13.4. The maximum Gasteiger partial charge on any atom is 0.142 e. The molecule has 0 aliphatic carbocycles. The van der Waals surface area contributed by atoms with E-state index in [0.717, 1.165) is 29.9 Å². The van der Waals surface area contributed by atoms with E-state index < -0.39 is 5.82 Å². The molecule has 0 aliphatic rings. The van der Waals surface area contributed by atoms with E-state index in [2.05, 4.69) is 12.0 Å². The van der Waals surface area contributed by atoms with Gasteiger partial charge in [-0.25, -0.2) is 4.39 Å². The van der Waals surface area contributed by atoms with Crippen LogP contribution in [0.25, 0.3) is 0 Å². The highest BCUT2D eigenvalue weighted by Gasteiger charge is 2.15. The molecule has 2 aromatic rings. The molecule has 20 heavy (non-hydrogen) atoms. The van der Waals surface area contributed by atoms with Crippen molar-refractivity contribution >= 4 is 11.6 Å². The van der Waals surface area contributed by atoms with Gasteiger partial charge >= 0.3 is 0 Å². The Morgan fingerprint density at radius 2 is 2.10 bits per heavy atom. The molecule has 1 unspecified atom stereocenters. The smallest absolute Gasteiger partial charge is 0.142 e. The van der Waals surface area contributed by atoms with E-state index >= 15 is 0 Å². The summed E-state index contributed by atoms with van der Waals surface area (Å²) in [7, 11) is 0. The molecule has 1 heterocycles. The van der Waals surface area contributed by atoms with Gasteiger partial charge in [-0.3, -0.25) is 4.68 Å². The number of nitrogens with zero attached hydrogens (tertiary/aromatic N) is 2.